The number of nitrogens with one attached hydrogen (secondary N) is 2. The largest absolute Gasteiger partial charge is 0.468 e. The number of aryl methyl sites for hydroxylation is 1. The normalized spacial score (nSPS) is 16.1. The first-order valence-electron chi connectivity index (χ1n) is 8.22. The van der Waals surface area contributed by atoms with Crippen LogP contribution in [0, 0.1) is 6.92 Å². The Balaban J connectivity index is 1.59. The number of benzene rings is 1. The molecule has 0 saturated carbocycles. The minimum Gasteiger partial charge on any atom is -0.468 e. The van der Waals surface area contributed by atoms with E-state index in [0.717, 1.165) is 24.4 Å². The molecule has 1 atom stereocenters. The summed E-state index contributed by atoms with van der Waals surface area (Å²) in [5.41, 5.74) is 1.66. The van der Waals surface area contributed by atoms with Crippen LogP contribution < -0.4 is 10.6 Å². The third-order valence-corrected chi connectivity index (χ3v) is 4.75. The molecule has 1 fully saturated rings. The molecule has 24 heavy (non-hydrogen) atoms. The molecule has 0 spiro atoms. The van der Waals surface area contributed by atoms with Gasteiger partial charge in [0.25, 0.3) is 0 Å². The number of furan rings is 1. The first-order valence-corrected chi connectivity index (χ1v) is 8.60. The minimum absolute atomic E-state index is 0.0647. The van der Waals surface area contributed by atoms with Crippen LogP contribution in [0.5, 0.6) is 0 Å². The lowest BCUT2D eigenvalue weighted by atomic mass is 10.2. The van der Waals surface area contributed by atoms with Gasteiger partial charge in [-0.3, -0.25) is 4.90 Å². The van der Waals surface area contributed by atoms with Crippen LogP contribution in [0.15, 0.2) is 41.0 Å². The summed E-state index contributed by atoms with van der Waals surface area (Å²) in [6.45, 7) is 4.49. The van der Waals surface area contributed by atoms with E-state index >= 15 is 0 Å². The molecule has 1 saturated heterocycles. The smallest absolute Gasteiger partial charge is 0.319 e. The van der Waals surface area contributed by atoms with Gasteiger partial charge in [-0.05, 0) is 62.7 Å². The highest BCUT2D eigenvalue weighted by atomic mass is 35.5. The maximum Gasteiger partial charge on any atom is 0.319 e. The molecule has 1 aromatic carbocycles. The highest BCUT2D eigenvalue weighted by Gasteiger charge is 2.25. The molecular formula is C18H22ClN3O2. The van der Waals surface area contributed by atoms with Gasteiger partial charge in [-0.2, -0.15) is 0 Å². The summed E-state index contributed by atoms with van der Waals surface area (Å²) >= 11 is 6.09. The van der Waals surface area contributed by atoms with Crippen LogP contribution in [-0.2, 0) is 0 Å². The molecule has 128 valence electrons. The molecule has 0 bridgehead atoms. The molecule has 2 N–H and O–H groups in total. The number of carbonyl (C=O) groups is 1. The van der Waals surface area contributed by atoms with E-state index in [2.05, 4.69) is 15.5 Å². The van der Waals surface area contributed by atoms with Gasteiger partial charge in [0.2, 0.25) is 0 Å². The van der Waals surface area contributed by atoms with Crippen molar-refractivity contribution >= 4 is 23.3 Å². The van der Waals surface area contributed by atoms with E-state index < -0.39 is 0 Å². The van der Waals surface area contributed by atoms with Gasteiger partial charge >= 0.3 is 6.03 Å². The zero-order valence-electron chi connectivity index (χ0n) is 13.7. The molecule has 2 aromatic rings. The molecule has 2 amide bonds. The Morgan fingerprint density at radius 2 is 2.12 bits per heavy atom. The zero-order valence-corrected chi connectivity index (χ0v) is 14.5. The summed E-state index contributed by atoms with van der Waals surface area (Å²) in [5.74, 6) is 0.885. The maximum absolute atomic E-state index is 12.2. The summed E-state index contributed by atoms with van der Waals surface area (Å²) in [4.78, 5) is 14.5. The highest BCUT2D eigenvalue weighted by Crippen LogP contribution is 2.25. The summed E-state index contributed by atoms with van der Waals surface area (Å²) in [7, 11) is 0. The van der Waals surface area contributed by atoms with Gasteiger partial charge in [-0.25, -0.2) is 4.79 Å². The van der Waals surface area contributed by atoms with Crippen LogP contribution >= 0.6 is 11.6 Å². The van der Waals surface area contributed by atoms with Crippen LogP contribution in [0.25, 0.3) is 0 Å². The number of anilines is 1. The van der Waals surface area contributed by atoms with Crippen molar-refractivity contribution in [2.24, 2.45) is 0 Å². The lowest BCUT2D eigenvalue weighted by Gasteiger charge is -2.26. The van der Waals surface area contributed by atoms with Gasteiger partial charge in [0.1, 0.15) is 5.76 Å². The van der Waals surface area contributed by atoms with Crippen molar-refractivity contribution in [3.8, 4) is 0 Å². The van der Waals surface area contributed by atoms with E-state index in [1.54, 1.807) is 12.3 Å². The van der Waals surface area contributed by atoms with E-state index in [1.165, 1.54) is 12.8 Å². The molecule has 1 aromatic heterocycles. The molecule has 3 rings (SSSR count). The number of urea groups is 1. The fourth-order valence-corrected chi connectivity index (χ4v) is 3.16. The fourth-order valence-electron chi connectivity index (χ4n) is 2.98. The number of rotatable bonds is 5. The number of likely N-dealkylation sites (tertiary alicyclic amines) is 1. The Kier molecular flexibility index (Phi) is 5.43. The average Bonchev–Trinajstić information content (AvgIpc) is 3.25. The van der Waals surface area contributed by atoms with E-state index in [1.807, 2.05) is 31.2 Å². The first-order chi connectivity index (χ1) is 11.6. The standard InChI is InChI=1S/C18H22ClN3O2/c1-13-6-7-14(11-15(13)19)21-18(23)20-12-16(17-5-4-10-24-17)22-8-2-3-9-22/h4-7,10-11,16H,2-3,8-9,12H2,1H3,(H2,20,21,23). The summed E-state index contributed by atoms with van der Waals surface area (Å²) in [6.07, 6.45) is 4.04. The molecule has 1 aliphatic heterocycles. The van der Waals surface area contributed by atoms with Crippen LogP contribution in [-0.4, -0.2) is 30.6 Å². The Labute approximate surface area is 147 Å². The number of amides is 2. The Hall–Kier alpha value is -1.98. The Morgan fingerprint density at radius 3 is 2.79 bits per heavy atom. The first kappa shape index (κ1) is 16.9. The molecule has 0 aliphatic carbocycles. The van der Waals surface area contributed by atoms with Crippen molar-refractivity contribution in [2.45, 2.75) is 25.8 Å². The second-order valence-corrected chi connectivity index (χ2v) is 6.48. The lowest BCUT2D eigenvalue weighted by molar-refractivity contribution is 0.207. The van der Waals surface area contributed by atoms with E-state index in [9.17, 15) is 4.79 Å². The Bertz CT molecular complexity index is 682. The SMILES string of the molecule is Cc1ccc(NC(=O)NCC(c2ccco2)N2CCCC2)cc1Cl. The number of nitrogens with zero attached hydrogens (tertiary/aromatic N) is 1. The molecular weight excluding hydrogens is 326 g/mol. The van der Waals surface area contributed by atoms with Gasteiger partial charge in [-0.1, -0.05) is 17.7 Å². The van der Waals surface area contributed by atoms with Crippen molar-refractivity contribution in [1.82, 2.24) is 10.2 Å². The van der Waals surface area contributed by atoms with Crippen molar-refractivity contribution in [3.05, 3.63) is 52.9 Å². The van der Waals surface area contributed by atoms with Gasteiger partial charge in [0, 0.05) is 17.3 Å². The highest BCUT2D eigenvalue weighted by molar-refractivity contribution is 6.31. The van der Waals surface area contributed by atoms with Gasteiger partial charge in [0.15, 0.2) is 0 Å². The maximum atomic E-state index is 12.2. The zero-order chi connectivity index (χ0) is 16.9. The lowest BCUT2D eigenvalue weighted by Crippen LogP contribution is -2.38. The Morgan fingerprint density at radius 1 is 1.33 bits per heavy atom. The van der Waals surface area contributed by atoms with Crippen LogP contribution in [0.4, 0.5) is 10.5 Å². The second-order valence-electron chi connectivity index (χ2n) is 6.07. The molecule has 5 nitrogen and oxygen atoms in total. The molecule has 6 heteroatoms. The van der Waals surface area contributed by atoms with Crippen molar-refractivity contribution in [3.63, 3.8) is 0 Å². The summed E-state index contributed by atoms with van der Waals surface area (Å²) in [5, 5.41) is 6.39. The van der Waals surface area contributed by atoms with E-state index in [4.69, 9.17) is 16.0 Å². The van der Waals surface area contributed by atoms with Crippen LogP contribution in [0.3, 0.4) is 0 Å². The van der Waals surface area contributed by atoms with Gasteiger partial charge < -0.3 is 15.1 Å². The molecule has 0 radical (unpaired) electrons. The summed E-state index contributed by atoms with van der Waals surface area (Å²) < 4.78 is 5.56. The molecule has 1 unspecified atom stereocenters. The minimum atomic E-state index is -0.245. The topological polar surface area (TPSA) is 57.5 Å². The van der Waals surface area contributed by atoms with Crippen LogP contribution in [0.1, 0.15) is 30.2 Å². The number of halogens is 1. The third-order valence-electron chi connectivity index (χ3n) is 4.34. The van der Waals surface area contributed by atoms with Gasteiger partial charge in [-0.15, -0.1) is 0 Å². The monoisotopic (exact) mass is 347 g/mol. The third kappa shape index (κ3) is 4.10. The van der Waals surface area contributed by atoms with Crippen molar-refractivity contribution in [2.75, 3.05) is 25.0 Å². The molecule has 2 heterocycles. The fraction of sp³-hybridized carbons (Fsp3) is 0.389. The van der Waals surface area contributed by atoms with Crippen LogP contribution in [0.2, 0.25) is 5.02 Å². The van der Waals surface area contributed by atoms with Crippen molar-refractivity contribution in [1.29, 1.82) is 0 Å². The summed E-state index contributed by atoms with van der Waals surface area (Å²) in [6, 6.07) is 9.13. The van der Waals surface area contributed by atoms with E-state index in [-0.39, 0.29) is 12.1 Å². The second kappa shape index (κ2) is 7.73. The van der Waals surface area contributed by atoms with Gasteiger partial charge in [0.05, 0.1) is 12.3 Å². The average molecular weight is 348 g/mol. The molecule has 1 aliphatic rings. The van der Waals surface area contributed by atoms with Crippen molar-refractivity contribution < 1.29 is 9.21 Å². The number of carbonyl (C=O) groups excluding carboxylic acids is 1. The quantitative estimate of drug-likeness (QED) is 0.852. The predicted molar refractivity (Wildman–Crippen MR) is 95.5 cm³/mol. The van der Waals surface area contributed by atoms with E-state index in [0.29, 0.717) is 17.3 Å². The number of hydrogen-bond acceptors (Lipinski definition) is 3. The predicted octanol–water partition coefficient (Wildman–Crippen LogP) is 4.20. The number of hydrogen-bond donors (Lipinski definition) is 2.